The third-order valence-corrected chi connectivity index (χ3v) is 2.76. The molecule has 1 aliphatic rings. The second kappa shape index (κ2) is 5.46. The van der Waals surface area contributed by atoms with Gasteiger partial charge in [-0.1, -0.05) is 0 Å². The molecule has 1 atom stereocenters. The molecule has 0 aromatic carbocycles. The third kappa shape index (κ3) is 3.52. The highest BCUT2D eigenvalue weighted by Crippen LogP contribution is 2.40. The van der Waals surface area contributed by atoms with Gasteiger partial charge in [-0.25, -0.2) is 0 Å². The molecule has 2 amide bonds. The summed E-state index contributed by atoms with van der Waals surface area (Å²) in [6.07, 6.45) is -11.6. The molecule has 1 unspecified atom stereocenters. The Morgan fingerprint density at radius 1 is 1.15 bits per heavy atom. The topological polar surface area (TPSA) is 75.4 Å². The van der Waals surface area contributed by atoms with Crippen molar-refractivity contribution in [2.45, 2.75) is 18.4 Å². The number of halogens is 6. The van der Waals surface area contributed by atoms with E-state index in [2.05, 4.69) is 5.32 Å². The van der Waals surface area contributed by atoms with Crippen molar-refractivity contribution in [1.29, 1.82) is 0 Å². The molecule has 1 saturated heterocycles. The highest BCUT2D eigenvalue weighted by molar-refractivity contribution is 5.88. The van der Waals surface area contributed by atoms with Gasteiger partial charge in [0, 0.05) is 19.6 Å². The molecule has 0 radical (unpaired) electrons. The van der Waals surface area contributed by atoms with Gasteiger partial charge < -0.3 is 16.0 Å². The second-order valence-electron chi connectivity index (χ2n) is 4.17. The van der Waals surface area contributed by atoms with Crippen molar-refractivity contribution < 1.29 is 35.9 Å². The maximum absolute atomic E-state index is 12.5. The van der Waals surface area contributed by atoms with Gasteiger partial charge in [0.1, 0.15) is 6.04 Å². The summed E-state index contributed by atoms with van der Waals surface area (Å²) in [6.45, 7) is -0.781. The zero-order valence-corrected chi connectivity index (χ0v) is 9.88. The Labute approximate surface area is 109 Å². The number of nitrogens with two attached hydrogens (primary N) is 1. The lowest BCUT2D eigenvalue weighted by Gasteiger charge is -2.37. The molecular formula is C9H11F6N3O2. The molecule has 0 aromatic heterocycles. The van der Waals surface area contributed by atoms with Crippen LogP contribution in [0.2, 0.25) is 0 Å². The first-order valence-electron chi connectivity index (χ1n) is 5.40. The summed E-state index contributed by atoms with van der Waals surface area (Å²) in [6, 6.07) is -1.54. The molecule has 0 saturated carbocycles. The Bertz CT molecular complexity index is 380. The summed E-state index contributed by atoms with van der Waals surface area (Å²) >= 11 is 0. The first-order valence-corrected chi connectivity index (χ1v) is 5.40. The molecule has 0 aliphatic carbocycles. The summed E-state index contributed by atoms with van der Waals surface area (Å²) in [5.41, 5.74) is 4.88. The van der Waals surface area contributed by atoms with Crippen molar-refractivity contribution in [1.82, 2.24) is 10.2 Å². The van der Waals surface area contributed by atoms with E-state index in [0.29, 0.717) is 0 Å². The molecule has 0 aromatic rings. The third-order valence-electron chi connectivity index (χ3n) is 2.76. The van der Waals surface area contributed by atoms with E-state index in [9.17, 15) is 35.9 Å². The number of rotatable bonds is 2. The van der Waals surface area contributed by atoms with E-state index >= 15 is 0 Å². The normalized spacial score (nSPS) is 21.1. The molecular weight excluding hydrogens is 296 g/mol. The second-order valence-corrected chi connectivity index (χ2v) is 4.17. The minimum atomic E-state index is -5.79. The van der Waals surface area contributed by atoms with Gasteiger partial charge in [0.25, 0.3) is 0 Å². The minimum Gasteiger partial charge on any atom is -0.368 e. The van der Waals surface area contributed by atoms with Crippen molar-refractivity contribution in [3.8, 4) is 0 Å². The summed E-state index contributed by atoms with van der Waals surface area (Å²) in [7, 11) is 0. The SMILES string of the molecule is NC(=O)C1CNCCN1C(=O)C(C(F)(F)F)C(F)(F)F. The van der Waals surface area contributed by atoms with Crippen molar-refractivity contribution in [2.24, 2.45) is 11.7 Å². The van der Waals surface area contributed by atoms with Crippen LogP contribution < -0.4 is 11.1 Å². The number of nitrogens with zero attached hydrogens (tertiary/aromatic N) is 1. The Morgan fingerprint density at radius 2 is 1.65 bits per heavy atom. The first-order chi connectivity index (χ1) is 8.96. The Kier molecular flexibility index (Phi) is 4.52. The quantitative estimate of drug-likeness (QED) is 0.706. The zero-order chi connectivity index (χ0) is 15.7. The minimum absolute atomic E-state index is 0.0298. The van der Waals surface area contributed by atoms with Gasteiger partial charge in [0.15, 0.2) is 0 Å². The number of piperazine rings is 1. The molecule has 20 heavy (non-hydrogen) atoms. The highest BCUT2D eigenvalue weighted by atomic mass is 19.4. The first kappa shape index (κ1) is 16.5. The van der Waals surface area contributed by atoms with Crippen LogP contribution in [0.15, 0.2) is 0 Å². The van der Waals surface area contributed by atoms with Crippen LogP contribution in [-0.4, -0.2) is 54.7 Å². The Morgan fingerprint density at radius 3 is 2.05 bits per heavy atom. The van der Waals surface area contributed by atoms with Gasteiger partial charge in [-0.05, 0) is 0 Å². The summed E-state index contributed by atoms with van der Waals surface area (Å²) in [5.74, 6) is -7.54. The molecule has 0 bridgehead atoms. The fourth-order valence-electron chi connectivity index (χ4n) is 1.85. The molecule has 116 valence electrons. The average Bonchev–Trinajstić information content (AvgIpc) is 2.24. The molecule has 0 spiro atoms. The predicted octanol–water partition coefficient (Wildman–Crippen LogP) is 0.0129. The van der Waals surface area contributed by atoms with Crippen LogP contribution in [0.3, 0.4) is 0 Å². The van der Waals surface area contributed by atoms with Crippen LogP contribution in [0.25, 0.3) is 0 Å². The van der Waals surface area contributed by atoms with Crippen LogP contribution in [0.4, 0.5) is 26.3 Å². The molecule has 3 N–H and O–H groups in total. The number of carbonyl (C=O) groups excluding carboxylic acids is 2. The molecule has 1 heterocycles. The molecule has 1 rings (SSSR count). The number of nitrogens with one attached hydrogen (secondary N) is 1. The maximum Gasteiger partial charge on any atom is 0.409 e. The van der Waals surface area contributed by atoms with Crippen LogP contribution in [-0.2, 0) is 9.59 Å². The number of hydrogen-bond donors (Lipinski definition) is 2. The molecule has 1 aliphatic heterocycles. The van der Waals surface area contributed by atoms with E-state index in [1.807, 2.05) is 0 Å². The highest BCUT2D eigenvalue weighted by Gasteiger charge is 2.62. The van der Waals surface area contributed by atoms with Crippen molar-refractivity contribution in [3.63, 3.8) is 0 Å². The van der Waals surface area contributed by atoms with Gasteiger partial charge >= 0.3 is 12.4 Å². The lowest BCUT2D eigenvalue weighted by atomic mass is 10.0. The van der Waals surface area contributed by atoms with E-state index in [1.54, 1.807) is 0 Å². The van der Waals surface area contributed by atoms with Gasteiger partial charge in [0.2, 0.25) is 17.7 Å². The summed E-state index contributed by atoms with van der Waals surface area (Å²) < 4.78 is 74.7. The van der Waals surface area contributed by atoms with Crippen LogP contribution >= 0.6 is 0 Å². The molecule has 5 nitrogen and oxygen atoms in total. The largest absolute Gasteiger partial charge is 0.409 e. The lowest BCUT2D eigenvalue weighted by Crippen LogP contribution is -2.62. The molecule has 1 fully saturated rings. The summed E-state index contributed by atoms with van der Waals surface area (Å²) in [5, 5.41) is 2.56. The van der Waals surface area contributed by atoms with Gasteiger partial charge in [-0.3, -0.25) is 9.59 Å². The lowest BCUT2D eigenvalue weighted by molar-refractivity contribution is -0.278. The predicted molar refractivity (Wildman–Crippen MR) is 53.2 cm³/mol. The van der Waals surface area contributed by atoms with Gasteiger partial charge in [-0.2, -0.15) is 26.3 Å². The van der Waals surface area contributed by atoms with E-state index in [-0.39, 0.29) is 18.0 Å². The van der Waals surface area contributed by atoms with Crippen LogP contribution in [0, 0.1) is 5.92 Å². The van der Waals surface area contributed by atoms with E-state index in [1.165, 1.54) is 0 Å². The number of primary amides is 1. The Hall–Kier alpha value is -1.52. The maximum atomic E-state index is 12.5. The standard InChI is InChI=1S/C9H11F6N3O2/c10-8(11,12)5(9(13,14)15)7(20)18-2-1-17-3-4(18)6(16)19/h4-5,17H,1-3H2,(H2,16,19). The fraction of sp³-hybridized carbons (Fsp3) is 0.778. The fourth-order valence-corrected chi connectivity index (χ4v) is 1.85. The summed E-state index contributed by atoms with van der Waals surface area (Å²) in [4.78, 5) is 22.8. The van der Waals surface area contributed by atoms with E-state index < -0.39 is 42.7 Å². The van der Waals surface area contributed by atoms with Crippen molar-refractivity contribution in [3.05, 3.63) is 0 Å². The smallest absolute Gasteiger partial charge is 0.368 e. The zero-order valence-electron chi connectivity index (χ0n) is 9.88. The number of alkyl halides is 6. The van der Waals surface area contributed by atoms with Gasteiger partial charge in [-0.15, -0.1) is 0 Å². The van der Waals surface area contributed by atoms with Gasteiger partial charge in [0.05, 0.1) is 0 Å². The van der Waals surface area contributed by atoms with E-state index in [4.69, 9.17) is 5.73 Å². The van der Waals surface area contributed by atoms with Crippen LogP contribution in [0.5, 0.6) is 0 Å². The number of carbonyl (C=O) groups is 2. The van der Waals surface area contributed by atoms with Crippen molar-refractivity contribution >= 4 is 11.8 Å². The average molecular weight is 307 g/mol. The Balaban J connectivity index is 3.08. The van der Waals surface area contributed by atoms with Crippen molar-refractivity contribution in [2.75, 3.05) is 19.6 Å². The van der Waals surface area contributed by atoms with Crippen LogP contribution in [0.1, 0.15) is 0 Å². The number of amides is 2. The van der Waals surface area contributed by atoms with E-state index in [0.717, 1.165) is 0 Å². The monoisotopic (exact) mass is 307 g/mol. The molecule has 11 heteroatoms. The number of hydrogen-bond acceptors (Lipinski definition) is 3.